The molecule has 0 aromatic carbocycles. The van der Waals surface area contributed by atoms with Gasteiger partial charge in [0.15, 0.2) is 0 Å². The Morgan fingerprint density at radius 3 is 2.94 bits per heavy atom. The van der Waals surface area contributed by atoms with Gasteiger partial charge >= 0.3 is 12.0 Å². The first-order chi connectivity index (χ1) is 8.65. The highest BCUT2D eigenvalue weighted by molar-refractivity contribution is 5.76. The smallest absolute Gasteiger partial charge is 0.315 e. The van der Waals surface area contributed by atoms with E-state index in [1.54, 1.807) is 24.5 Å². The average Bonchev–Trinajstić information content (AvgIpc) is 2.96. The van der Waals surface area contributed by atoms with E-state index in [1.165, 1.54) is 0 Å². The van der Waals surface area contributed by atoms with E-state index < -0.39 is 11.9 Å². The summed E-state index contributed by atoms with van der Waals surface area (Å²) < 4.78 is 0. The summed E-state index contributed by atoms with van der Waals surface area (Å²) in [5.41, 5.74) is 0.871. The van der Waals surface area contributed by atoms with Crippen LogP contribution in [0.25, 0.3) is 0 Å². The van der Waals surface area contributed by atoms with Crippen LogP contribution < -0.4 is 10.6 Å². The average molecular weight is 250 g/mol. The van der Waals surface area contributed by atoms with Crippen molar-refractivity contribution in [3.05, 3.63) is 30.1 Å². The molecule has 1 heterocycles. The Balaban J connectivity index is 1.72. The number of hydrogen-bond acceptors (Lipinski definition) is 3. The van der Waals surface area contributed by atoms with Crippen molar-refractivity contribution in [2.45, 2.75) is 19.0 Å². The van der Waals surface area contributed by atoms with Gasteiger partial charge in [0.2, 0.25) is 0 Å². The number of carbonyl (C=O) groups is 2. The van der Waals surface area contributed by atoms with Crippen molar-refractivity contribution in [3.63, 3.8) is 0 Å². The molecule has 18 heavy (non-hydrogen) atoms. The lowest BCUT2D eigenvalue weighted by molar-refractivity contribution is -0.140. The Labute approximate surface area is 103 Å². The van der Waals surface area contributed by atoms with Gasteiger partial charge < -0.3 is 15.7 Å². The Morgan fingerprint density at radius 2 is 2.33 bits per heavy atom. The lowest BCUT2D eigenvalue weighted by atomic mass is 10.1. The van der Waals surface area contributed by atoms with E-state index in [0.29, 0.717) is 13.0 Å². The zero-order valence-electron chi connectivity index (χ0n) is 9.59. The Morgan fingerprint density at radius 1 is 1.50 bits per heavy atom. The number of aromatic nitrogens is 2. The standard InChI is InChI=1S/C11H14N4O3/c16-10(17)8-1-2-9(3-8)15-11(18)12-4-7-5-13-14-6-7/h1-2,5-6,8-9H,3-4H2,(H,13,14)(H,16,17)(H2,12,15,18). The number of carboxylic acids is 1. The maximum absolute atomic E-state index is 11.5. The maximum atomic E-state index is 11.5. The summed E-state index contributed by atoms with van der Waals surface area (Å²) in [7, 11) is 0. The lowest BCUT2D eigenvalue weighted by Crippen LogP contribution is -2.40. The Bertz CT molecular complexity index is 455. The van der Waals surface area contributed by atoms with E-state index in [0.717, 1.165) is 5.56 Å². The third-order valence-electron chi connectivity index (χ3n) is 2.73. The monoisotopic (exact) mass is 250 g/mol. The van der Waals surface area contributed by atoms with Crippen molar-refractivity contribution in [2.24, 2.45) is 5.92 Å². The molecule has 2 amide bonds. The number of aromatic amines is 1. The first kappa shape index (κ1) is 12.2. The molecule has 0 aliphatic heterocycles. The van der Waals surface area contributed by atoms with Gasteiger partial charge in [-0.1, -0.05) is 12.2 Å². The number of nitrogens with zero attached hydrogens (tertiary/aromatic N) is 1. The highest BCUT2D eigenvalue weighted by Gasteiger charge is 2.25. The van der Waals surface area contributed by atoms with Crippen molar-refractivity contribution < 1.29 is 14.7 Å². The third-order valence-corrected chi connectivity index (χ3v) is 2.73. The van der Waals surface area contributed by atoms with Crippen molar-refractivity contribution >= 4 is 12.0 Å². The molecule has 2 rings (SSSR count). The van der Waals surface area contributed by atoms with Gasteiger partial charge in [0.25, 0.3) is 0 Å². The Kier molecular flexibility index (Phi) is 3.61. The molecule has 0 saturated carbocycles. The second-order valence-corrected chi connectivity index (χ2v) is 4.11. The minimum atomic E-state index is -0.866. The van der Waals surface area contributed by atoms with Crippen LogP contribution in [-0.4, -0.2) is 33.3 Å². The molecule has 2 unspecified atom stereocenters. The van der Waals surface area contributed by atoms with Crippen molar-refractivity contribution in [1.82, 2.24) is 20.8 Å². The molecular weight excluding hydrogens is 236 g/mol. The number of rotatable bonds is 4. The van der Waals surface area contributed by atoms with Crippen LogP contribution in [0.5, 0.6) is 0 Å². The van der Waals surface area contributed by atoms with Crippen LogP contribution in [0, 0.1) is 5.92 Å². The van der Waals surface area contributed by atoms with Crippen LogP contribution in [0.15, 0.2) is 24.5 Å². The van der Waals surface area contributed by atoms with E-state index in [1.807, 2.05) is 0 Å². The number of aliphatic carboxylic acids is 1. The maximum Gasteiger partial charge on any atom is 0.315 e. The fourth-order valence-corrected chi connectivity index (χ4v) is 1.77. The van der Waals surface area contributed by atoms with E-state index in [2.05, 4.69) is 20.8 Å². The van der Waals surface area contributed by atoms with E-state index in [-0.39, 0.29) is 12.1 Å². The minimum absolute atomic E-state index is 0.226. The molecule has 0 spiro atoms. The first-order valence-electron chi connectivity index (χ1n) is 5.58. The third kappa shape index (κ3) is 3.09. The fourth-order valence-electron chi connectivity index (χ4n) is 1.77. The highest BCUT2D eigenvalue weighted by atomic mass is 16.4. The molecule has 1 aliphatic rings. The number of carbonyl (C=O) groups excluding carboxylic acids is 1. The summed E-state index contributed by atoms with van der Waals surface area (Å²) in [6.07, 6.45) is 7.01. The molecule has 0 radical (unpaired) electrons. The van der Waals surface area contributed by atoms with Crippen molar-refractivity contribution in [2.75, 3.05) is 0 Å². The zero-order chi connectivity index (χ0) is 13.0. The number of H-pyrrole nitrogens is 1. The van der Waals surface area contributed by atoms with Gasteiger partial charge in [0.1, 0.15) is 0 Å². The summed E-state index contributed by atoms with van der Waals surface area (Å²) in [6, 6.07) is -0.549. The summed E-state index contributed by atoms with van der Waals surface area (Å²) in [4.78, 5) is 22.3. The Hall–Kier alpha value is -2.31. The van der Waals surface area contributed by atoms with Crippen LogP contribution in [0.2, 0.25) is 0 Å². The number of nitrogens with one attached hydrogen (secondary N) is 3. The summed E-state index contributed by atoms with van der Waals surface area (Å²) in [5, 5.41) is 20.6. The van der Waals surface area contributed by atoms with Crippen LogP contribution in [0.3, 0.4) is 0 Å². The molecule has 7 nitrogen and oxygen atoms in total. The van der Waals surface area contributed by atoms with Crippen LogP contribution in [0.4, 0.5) is 4.79 Å². The van der Waals surface area contributed by atoms with Crippen molar-refractivity contribution in [3.8, 4) is 0 Å². The van der Waals surface area contributed by atoms with E-state index in [4.69, 9.17) is 5.11 Å². The van der Waals surface area contributed by atoms with Crippen LogP contribution in [-0.2, 0) is 11.3 Å². The SMILES string of the molecule is O=C(NCc1cn[nH]c1)NC1C=CC(C(=O)O)C1. The zero-order valence-corrected chi connectivity index (χ0v) is 9.59. The molecule has 2 atom stereocenters. The van der Waals surface area contributed by atoms with Gasteiger partial charge in [0.05, 0.1) is 18.2 Å². The summed E-state index contributed by atoms with van der Waals surface area (Å²) >= 11 is 0. The number of carboxylic acid groups (broad SMARTS) is 1. The van der Waals surface area contributed by atoms with Gasteiger partial charge in [-0.15, -0.1) is 0 Å². The number of hydrogen-bond donors (Lipinski definition) is 4. The van der Waals surface area contributed by atoms with Crippen molar-refractivity contribution in [1.29, 1.82) is 0 Å². The van der Waals surface area contributed by atoms with E-state index in [9.17, 15) is 9.59 Å². The largest absolute Gasteiger partial charge is 0.481 e. The normalized spacial score (nSPS) is 21.8. The van der Waals surface area contributed by atoms with Gasteiger partial charge in [-0.2, -0.15) is 5.10 Å². The second kappa shape index (κ2) is 5.35. The topological polar surface area (TPSA) is 107 Å². The lowest BCUT2D eigenvalue weighted by Gasteiger charge is -2.12. The predicted molar refractivity (Wildman–Crippen MR) is 62.6 cm³/mol. The summed E-state index contributed by atoms with van der Waals surface area (Å²) in [5.74, 6) is -1.38. The molecule has 0 saturated heterocycles. The molecule has 0 fully saturated rings. The first-order valence-corrected chi connectivity index (χ1v) is 5.58. The molecule has 0 bridgehead atoms. The number of urea groups is 1. The quantitative estimate of drug-likeness (QED) is 0.574. The molecule has 1 aliphatic carbocycles. The van der Waals surface area contributed by atoms with Gasteiger partial charge in [-0.3, -0.25) is 9.89 Å². The van der Waals surface area contributed by atoms with Crippen LogP contribution >= 0.6 is 0 Å². The van der Waals surface area contributed by atoms with E-state index >= 15 is 0 Å². The molecule has 1 aromatic heterocycles. The minimum Gasteiger partial charge on any atom is -0.481 e. The second-order valence-electron chi connectivity index (χ2n) is 4.11. The molecule has 4 N–H and O–H groups in total. The molecule has 1 aromatic rings. The van der Waals surface area contributed by atoms with Gasteiger partial charge in [-0.05, 0) is 6.42 Å². The highest BCUT2D eigenvalue weighted by Crippen LogP contribution is 2.17. The predicted octanol–water partition coefficient (Wildman–Crippen LogP) is 0.238. The number of amides is 2. The van der Waals surface area contributed by atoms with Gasteiger partial charge in [0, 0.05) is 18.3 Å². The summed E-state index contributed by atoms with van der Waals surface area (Å²) in [6.45, 7) is 0.376. The van der Waals surface area contributed by atoms with Gasteiger partial charge in [-0.25, -0.2) is 4.79 Å². The molecule has 7 heteroatoms. The van der Waals surface area contributed by atoms with Crippen LogP contribution in [0.1, 0.15) is 12.0 Å². The fraction of sp³-hybridized carbons (Fsp3) is 0.364. The molecular formula is C11H14N4O3. The molecule has 96 valence electrons.